The number of halogens is 1. The van der Waals surface area contributed by atoms with Crippen LogP contribution in [0.3, 0.4) is 0 Å². The fourth-order valence-electron chi connectivity index (χ4n) is 2.44. The van der Waals surface area contributed by atoms with Crippen LogP contribution in [-0.2, 0) is 26.1 Å². The molecule has 0 saturated carbocycles. The number of carbonyl (C=O) groups is 1. The van der Waals surface area contributed by atoms with Crippen LogP contribution in [0.15, 0.2) is 21.9 Å². The summed E-state index contributed by atoms with van der Waals surface area (Å²) < 4.78 is 49.3. The molecule has 8 heteroatoms. The summed E-state index contributed by atoms with van der Waals surface area (Å²) in [4.78, 5) is 10.9. The fraction of sp³-hybridized carbons (Fsp3) is 0.562. The molecule has 1 rings (SSSR count). The Morgan fingerprint density at radius 2 is 1.62 bits per heavy atom. The van der Waals surface area contributed by atoms with Crippen molar-refractivity contribution in [3.8, 4) is 0 Å². The third-order valence-electron chi connectivity index (χ3n) is 3.76. The molecule has 0 radical (unpaired) electrons. The second kappa shape index (κ2) is 8.45. The van der Waals surface area contributed by atoms with Crippen LogP contribution in [-0.4, -0.2) is 34.1 Å². The minimum Gasteiger partial charge on any atom is -0.276 e. The standard InChI is InChI=1S/C16H23ClO5S2/c1-4-6-7-8-9-24(21,22)15-10-12(5-2)13(16(17)18)11-14(15)23(3,19)20/h10-11H,4-9H2,1-3H3. The van der Waals surface area contributed by atoms with Gasteiger partial charge in [-0.2, -0.15) is 0 Å². The first-order chi connectivity index (χ1) is 11.0. The van der Waals surface area contributed by atoms with Gasteiger partial charge in [0.1, 0.15) is 0 Å². The van der Waals surface area contributed by atoms with Crippen molar-refractivity contribution in [2.75, 3.05) is 12.0 Å². The number of hydrogen-bond donors (Lipinski definition) is 0. The monoisotopic (exact) mass is 394 g/mol. The van der Waals surface area contributed by atoms with E-state index >= 15 is 0 Å². The van der Waals surface area contributed by atoms with Crippen LogP contribution in [0.4, 0.5) is 0 Å². The minimum atomic E-state index is -3.82. The van der Waals surface area contributed by atoms with Crippen molar-refractivity contribution in [2.45, 2.75) is 55.7 Å². The Kier molecular flexibility index (Phi) is 7.44. The van der Waals surface area contributed by atoms with Crippen molar-refractivity contribution < 1.29 is 21.6 Å². The molecule has 1 aromatic rings. The fourth-order valence-corrected chi connectivity index (χ4v) is 5.70. The van der Waals surface area contributed by atoms with Gasteiger partial charge in [-0.25, -0.2) is 16.8 Å². The molecule has 0 saturated heterocycles. The summed E-state index contributed by atoms with van der Waals surface area (Å²) in [6.07, 6.45) is 4.43. The molecule has 0 aromatic heterocycles. The Morgan fingerprint density at radius 3 is 2.08 bits per heavy atom. The van der Waals surface area contributed by atoms with Gasteiger partial charge in [-0.15, -0.1) is 0 Å². The SMILES string of the molecule is CCCCCCS(=O)(=O)c1cc(CC)c(C(=O)Cl)cc1S(C)(=O)=O. The second-order valence-electron chi connectivity index (χ2n) is 5.74. The lowest BCUT2D eigenvalue weighted by atomic mass is 10.1. The molecule has 5 nitrogen and oxygen atoms in total. The summed E-state index contributed by atoms with van der Waals surface area (Å²) in [5.41, 5.74) is 0.457. The van der Waals surface area contributed by atoms with Gasteiger partial charge in [0.15, 0.2) is 19.7 Å². The van der Waals surface area contributed by atoms with Crippen LogP contribution in [0.5, 0.6) is 0 Å². The molecule has 0 fully saturated rings. The normalized spacial score (nSPS) is 12.3. The van der Waals surface area contributed by atoms with E-state index in [-0.39, 0.29) is 21.1 Å². The highest BCUT2D eigenvalue weighted by molar-refractivity contribution is 7.94. The van der Waals surface area contributed by atoms with Crippen LogP contribution in [0, 0.1) is 0 Å². The maximum absolute atomic E-state index is 12.6. The average Bonchev–Trinajstić information content (AvgIpc) is 2.49. The highest BCUT2D eigenvalue weighted by Gasteiger charge is 2.27. The van der Waals surface area contributed by atoms with E-state index in [2.05, 4.69) is 0 Å². The Morgan fingerprint density at radius 1 is 1.00 bits per heavy atom. The number of carbonyl (C=O) groups excluding carboxylic acids is 1. The molecular formula is C16H23ClO5S2. The van der Waals surface area contributed by atoms with E-state index in [1.807, 2.05) is 6.92 Å². The van der Waals surface area contributed by atoms with Crippen LogP contribution in [0.25, 0.3) is 0 Å². The zero-order chi connectivity index (χ0) is 18.5. The molecule has 0 unspecified atom stereocenters. The van der Waals surface area contributed by atoms with E-state index < -0.39 is 24.9 Å². The number of hydrogen-bond acceptors (Lipinski definition) is 5. The van der Waals surface area contributed by atoms with Crippen molar-refractivity contribution in [3.63, 3.8) is 0 Å². The molecular weight excluding hydrogens is 372 g/mol. The third kappa shape index (κ3) is 5.29. The molecule has 1 aromatic carbocycles. The Bertz CT molecular complexity index is 811. The van der Waals surface area contributed by atoms with Crippen molar-refractivity contribution in [3.05, 3.63) is 23.3 Å². The van der Waals surface area contributed by atoms with Crippen LogP contribution in [0.1, 0.15) is 55.5 Å². The highest BCUT2D eigenvalue weighted by atomic mass is 35.5. The smallest absolute Gasteiger partial charge is 0.252 e. The van der Waals surface area contributed by atoms with Gasteiger partial charge in [-0.05, 0) is 42.1 Å². The number of unbranched alkanes of at least 4 members (excludes halogenated alkanes) is 3. The summed E-state index contributed by atoms with van der Waals surface area (Å²) >= 11 is 5.51. The molecule has 0 spiro atoms. The van der Waals surface area contributed by atoms with Gasteiger partial charge < -0.3 is 0 Å². The van der Waals surface area contributed by atoms with E-state index in [0.717, 1.165) is 31.6 Å². The summed E-state index contributed by atoms with van der Waals surface area (Å²) in [6.45, 7) is 3.77. The van der Waals surface area contributed by atoms with E-state index in [4.69, 9.17) is 11.6 Å². The van der Waals surface area contributed by atoms with E-state index in [0.29, 0.717) is 18.4 Å². The average molecular weight is 395 g/mol. The Labute approximate surface area is 149 Å². The second-order valence-corrected chi connectivity index (χ2v) is 10.1. The quantitative estimate of drug-likeness (QED) is 0.473. The molecule has 24 heavy (non-hydrogen) atoms. The minimum absolute atomic E-state index is 0.0320. The summed E-state index contributed by atoms with van der Waals surface area (Å²) in [7, 11) is -7.59. The number of rotatable bonds is 9. The van der Waals surface area contributed by atoms with Crippen molar-refractivity contribution in [1.82, 2.24) is 0 Å². The van der Waals surface area contributed by atoms with Crippen molar-refractivity contribution in [2.24, 2.45) is 0 Å². The van der Waals surface area contributed by atoms with E-state index in [1.165, 1.54) is 6.07 Å². The van der Waals surface area contributed by atoms with Crippen LogP contribution in [0.2, 0.25) is 0 Å². The van der Waals surface area contributed by atoms with Crippen LogP contribution >= 0.6 is 11.6 Å². The van der Waals surface area contributed by atoms with Crippen molar-refractivity contribution in [1.29, 1.82) is 0 Å². The Hall–Kier alpha value is -0.920. The predicted molar refractivity (Wildman–Crippen MR) is 95.3 cm³/mol. The lowest BCUT2D eigenvalue weighted by Gasteiger charge is -2.13. The molecule has 0 heterocycles. The van der Waals surface area contributed by atoms with Gasteiger partial charge in [-0.3, -0.25) is 4.79 Å². The molecule has 0 bridgehead atoms. The maximum Gasteiger partial charge on any atom is 0.252 e. The molecule has 0 atom stereocenters. The zero-order valence-corrected chi connectivity index (χ0v) is 16.5. The number of sulfone groups is 2. The molecule has 0 N–H and O–H groups in total. The first kappa shape index (κ1) is 21.1. The van der Waals surface area contributed by atoms with E-state index in [9.17, 15) is 21.6 Å². The number of aryl methyl sites for hydroxylation is 1. The number of benzene rings is 1. The van der Waals surface area contributed by atoms with Gasteiger partial charge in [0, 0.05) is 11.8 Å². The lowest BCUT2D eigenvalue weighted by Crippen LogP contribution is -2.14. The first-order valence-electron chi connectivity index (χ1n) is 7.84. The summed E-state index contributed by atoms with van der Waals surface area (Å²) in [5, 5.41) is -0.802. The molecule has 136 valence electrons. The summed E-state index contributed by atoms with van der Waals surface area (Å²) in [6, 6.07) is 2.36. The predicted octanol–water partition coefficient (Wildman–Crippen LogP) is 3.39. The van der Waals surface area contributed by atoms with Crippen molar-refractivity contribution >= 4 is 36.5 Å². The maximum atomic E-state index is 12.6. The highest BCUT2D eigenvalue weighted by Crippen LogP contribution is 2.28. The lowest BCUT2D eigenvalue weighted by molar-refractivity contribution is 0.108. The molecule has 0 aliphatic heterocycles. The molecule has 0 aliphatic carbocycles. The van der Waals surface area contributed by atoms with Crippen LogP contribution < -0.4 is 0 Å². The third-order valence-corrected chi connectivity index (χ3v) is 7.07. The van der Waals surface area contributed by atoms with E-state index in [1.54, 1.807) is 6.92 Å². The molecule has 0 aliphatic rings. The summed E-state index contributed by atoms with van der Waals surface area (Å²) in [5.74, 6) is -0.118. The van der Waals surface area contributed by atoms with Gasteiger partial charge in [0.25, 0.3) is 5.24 Å². The molecule has 0 amide bonds. The first-order valence-corrected chi connectivity index (χ1v) is 11.8. The van der Waals surface area contributed by atoms with Gasteiger partial charge >= 0.3 is 0 Å². The van der Waals surface area contributed by atoms with Gasteiger partial charge in [0.2, 0.25) is 0 Å². The van der Waals surface area contributed by atoms with Gasteiger partial charge in [-0.1, -0.05) is 33.1 Å². The Balaban J connectivity index is 3.48. The largest absolute Gasteiger partial charge is 0.276 e. The topological polar surface area (TPSA) is 85.3 Å². The van der Waals surface area contributed by atoms with Gasteiger partial charge in [0.05, 0.1) is 15.5 Å². The zero-order valence-electron chi connectivity index (χ0n) is 14.1.